The molecule has 0 amide bonds. The summed E-state index contributed by atoms with van der Waals surface area (Å²) in [6, 6.07) is 8.30. The lowest BCUT2D eigenvalue weighted by Gasteiger charge is -2.25. The molecule has 5 rings (SSSR count). The second-order valence-electron chi connectivity index (χ2n) is 14.3. The molecule has 5 atom stereocenters. The molecule has 50 heavy (non-hydrogen) atoms. The van der Waals surface area contributed by atoms with Crippen molar-refractivity contribution in [3.63, 3.8) is 0 Å². The second kappa shape index (κ2) is 15.7. The van der Waals surface area contributed by atoms with Crippen LogP contribution in [-0.4, -0.2) is 96.9 Å². The van der Waals surface area contributed by atoms with Gasteiger partial charge in [0.25, 0.3) is 8.53 Å². The Morgan fingerprint density at radius 3 is 2.24 bits per heavy atom. The minimum absolute atomic E-state index is 0.0577. The van der Waals surface area contributed by atoms with Gasteiger partial charge in [0.15, 0.2) is 15.3 Å². The Morgan fingerprint density at radius 1 is 0.980 bits per heavy atom. The minimum Gasteiger partial charge on any atom is -0.438 e. The van der Waals surface area contributed by atoms with Crippen LogP contribution in [-0.2, 0) is 62.8 Å². The predicted molar refractivity (Wildman–Crippen MR) is 180 cm³/mol. The molecule has 278 valence electrons. The van der Waals surface area contributed by atoms with E-state index in [4.69, 9.17) is 32.3 Å². The number of hydrogen-bond acceptors (Lipinski definition) is 15. The fraction of sp³-hybridized carbons (Fsp3) is 0.677. The maximum absolute atomic E-state index is 13.9. The first kappa shape index (κ1) is 38.9. The van der Waals surface area contributed by atoms with Gasteiger partial charge in [0.05, 0.1) is 46.4 Å². The number of carbonyl (C=O) groups is 2. The molecule has 0 radical (unpaired) electrons. The Balaban J connectivity index is 1.23. The summed E-state index contributed by atoms with van der Waals surface area (Å²) in [6.07, 6.45) is 2.26. The van der Waals surface area contributed by atoms with Crippen molar-refractivity contribution in [2.45, 2.75) is 96.6 Å². The fourth-order valence-electron chi connectivity index (χ4n) is 5.40. The highest BCUT2D eigenvalue weighted by Crippen LogP contribution is 2.57. The lowest BCUT2D eigenvalue weighted by atomic mass is 9.98. The molecule has 0 N–H and O–H groups in total. The van der Waals surface area contributed by atoms with Crippen LogP contribution in [0.5, 0.6) is 0 Å². The normalized spacial score (nSPS) is 24.7. The molecule has 0 aliphatic carbocycles. The van der Waals surface area contributed by atoms with Crippen LogP contribution >= 0.6 is 16.1 Å². The van der Waals surface area contributed by atoms with E-state index in [1.807, 2.05) is 0 Å². The summed E-state index contributed by atoms with van der Waals surface area (Å²) in [5.74, 6) is -1.32. The van der Waals surface area contributed by atoms with Crippen LogP contribution in [0.4, 0.5) is 0 Å². The molecular formula is C31H46N4O12P2S. The van der Waals surface area contributed by atoms with Crippen molar-refractivity contribution in [3.05, 3.63) is 36.5 Å². The smallest absolute Gasteiger partial charge is 0.388 e. The molecule has 3 aliphatic heterocycles. The molecule has 0 saturated carbocycles. The topological polar surface area (TPSA) is 184 Å². The summed E-state index contributed by atoms with van der Waals surface area (Å²) in [5.41, 5.74) is -1.86. The summed E-state index contributed by atoms with van der Waals surface area (Å²) in [6.45, 7) is 9.85. The van der Waals surface area contributed by atoms with Gasteiger partial charge in [0.1, 0.15) is 6.10 Å². The van der Waals surface area contributed by atoms with E-state index in [2.05, 4.69) is 15.0 Å². The number of rotatable bonds is 14. The number of fused-ring (bicyclic) bond motifs is 1. The highest BCUT2D eigenvalue weighted by atomic mass is 32.2. The van der Waals surface area contributed by atoms with E-state index in [1.54, 1.807) is 71.9 Å². The molecular weight excluding hydrogens is 714 g/mol. The van der Waals surface area contributed by atoms with Gasteiger partial charge in [-0.3, -0.25) is 23.2 Å². The third kappa shape index (κ3) is 9.55. The Morgan fingerprint density at radius 2 is 1.62 bits per heavy atom. The van der Waals surface area contributed by atoms with Crippen molar-refractivity contribution >= 4 is 43.3 Å². The van der Waals surface area contributed by atoms with Gasteiger partial charge in [-0.05, 0) is 66.5 Å². The van der Waals surface area contributed by atoms with Crippen LogP contribution in [0.3, 0.4) is 0 Å². The zero-order chi connectivity index (χ0) is 36.3. The molecule has 19 heteroatoms. The van der Waals surface area contributed by atoms with Gasteiger partial charge in [-0.25, -0.2) is 17.8 Å². The monoisotopic (exact) mass is 760 g/mol. The highest BCUT2D eigenvalue weighted by molar-refractivity contribution is 7.91. The number of benzene rings is 1. The first-order valence-corrected chi connectivity index (χ1v) is 20.7. The Kier molecular flexibility index (Phi) is 12.2. The number of aromatic nitrogens is 3. The zero-order valence-electron chi connectivity index (χ0n) is 29.1. The van der Waals surface area contributed by atoms with E-state index in [1.165, 1.54) is 10.9 Å². The van der Waals surface area contributed by atoms with Gasteiger partial charge in [0, 0.05) is 25.6 Å². The summed E-state index contributed by atoms with van der Waals surface area (Å²) < 4.78 is 83.6. The fourth-order valence-corrected chi connectivity index (χ4v) is 10.2. The van der Waals surface area contributed by atoms with Crippen LogP contribution in [0.2, 0.25) is 0 Å². The van der Waals surface area contributed by atoms with Gasteiger partial charge in [0.2, 0.25) is 13.6 Å². The van der Waals surface area contributed by atoms with E-state index in [-0.39, 0.29) is 28.7 Å². The quantitative estimate of drug-likeness (QED) is 0.153. The molecule has 3 unspecified atom stereocenters. The molecule has 1 aromatic heterocycles. The molecule has 16 nitrogen and oxygen atoms in total. The number of hydrogen-bond donors (Lipinski definition) is 0. The standard InChI is InChI=1S/C31H46N4O12P2S/c1-30(2,3)28(36)42-20-44-49(38,45-21-43-29(37)31(4,5)6)27-18-34(33-32-27)17-25-24(14-16-41-25)46-48-35-15-10-13-23(35)26(47-48)19-50(39,40)22-11-8-7-9-12-22/h7-9,11-12,18,23-26H,10,13-17,19-21H2,1-6H3/t23?,24?,25-,26?,48-/m1/s1. The Bertz CT molecular complexity index is 1610. The number of esters is 2. The van der Waals surface area contributed by atoms with Gasteiger partial charge in [-0.1, -0.05) is 23.4 Å². The number of sulfone groups is 1. The van der Waals surface area contributed by atoms with Crippen molar-refractivity contribution in [1.82, 2.24) is 19.7 Å². The summed E-state index contributed by atoms with van der Waals surface area (Å²) in [5, 5.41) is 8.09. The number of carbonyl (C=O) groups excluding carboxylic acids is 2. The average molecular weight is 761 g/mol. The molecule has 2 aromatic rings. The van der Waals surface area contributed by atoms with E-state index < -0.39 is 80.6 Å². The Hall–Kier alpha value is -2.33. The maximum Gasteiger partial charge on any atom is 0.388 e. The van der Waals surface area contributed by atoms with Crippen LogP contribution in [0, 0.1) is 10.8 Å². The van der Waals surface area contributed by atoms with Crippen molar-refractivity contribution in [2.75, 3.05) is 32.5 Å². The molecule has 3 aliphatic rings. The number of nitrogens with zero attached hydrogens (tertiary/aromatic N) is 4. The SMILES string of the molecule is CC(C)(C)C(=O)OCOP(=O)(OCOC(=O)C(C)(C)C)c1cn(C[C@H]2OCCC2O[P@]2OC(CS(=O)(=O)c3ccccc3)C3CCCN32)nn1. The van der Waals surface area contributed by atoms with Crippen molar-refractivity contribution < 1.29 is 54.9 Å². The molecule has 0 spiro atoms. The first-order valence-electron chi connectivity index (χ1n) is 16.4. The van der Waals surface area contributed by atoms with Gasteiger partial charge < -0.3 is 23.3 Å². The molecule has 3 saturated heterocycles. The Labute approximate surface area is 293 Å². The van der Waals surface area contributed by atoms with E-state index in [0.717, 1.165) is 19.4 Å². The highest BCUT2D eigenvalue weighted by Gasteiger charge is 2.50. The number of ether oxygens (including phenoxy) is 3. The van der Waals surface area contributed by atoms with Crippen molar-refractivity contribution in [2.24, 2.45) is 10.8 Å². The average Bonchev–Trinajstić information content (AvgIpc) is 3.85. The maximum atomic E-state index is 13.9. The first-order chi connectivity index (χ1) is 23.5. The van der Waals surface area contributed by atoms with Gasteiger partial charge in [-0.2, -0.15) is 0 Å². The molecule has 0 bridgehead atoms. The van der Waals surface area contributed by atoms with E-state index in [9.17, 15) is 22.6 Å². The summed E-state index contributed by atoms with van der Waals surface area (Å²) in [4.78, 5) is 24.8. The van der Waals surface area contributed by atoms with Crippen LogP contribution < -0.4 is 5.44 Å². The van der Waals surface area contributed by atoms with Gasteiger partial charge in [-0.15, -0.1) is 5.10 Å². The van der Waals surface area contributed by atoms with Crippen LogP contribution in [0.15, 0.2) is 41.4 Å². The zero-order valence-corrected chi connectivity index (χ0v) is 31.7. The van der Waals surface area contributed by atoms with Gasteiger partial charge >= 0.3 is 19.5 Å². The van der Waals surface area contributed by atoms with Crippen LogP contribution in [0.1, 0.15) is 60.8 Å². The lowest BCUT2D eigenvalue weighted by Crippen LogP contribution is -2.34. The largest absolute Gasteiger partial charge is 0.438 e. The molecule has 4 heterocycles. The lowest BCUT2D eigenvalue weighted by molar-refractivity contribution is -0.161. The van der Waals surface area contributed by atoms with E-state index in [0.29, 0.717) is 13.0 Å². The second-order valence-corrected chi connectivity index (χ2v) is 19.8. The third-order valence-corrected chi connectivity index (χ3v) is 13.5. The van der Waals surface area contributed by atoms with Crippen LogP contribution in [0.25, 0.3) is 0 Å². The van der Waals surface area contributed by atoms with Crippen molar-refractivity contribution in [1.29, 1.82) is 0 Å². The minimum atomic E-state index is -4.30. The molecule has 3 fully saturated rings. The predicted octanol–water partition coefficient (Wildman–Crippen LogP) is 3.96. The van der Waals surface area contributed by atoms with E-state index >= 15 is 0 Å². The summed E-state index contributed by atoms with van der Waals surface area (Å²) in [7, 11) is -9.40. The van der Waals surface area contributed by atoms with Crippen molar-refractivity contribution in [3.8, 4) is 0 Å². The third-order valence-electron chi connectivity index (χ3n) is 8.22. The molecule has 1 aromatic carbocycles. The summed E-state index contributed by atoms with van der Waals surface area (Å²) >= 11 is 0.